The number of ketones is 1. The quantitative estimate of drug-likeness (QED) is 0.757. The third kappa shape index (κ3) is 2.69. The van der Waals surface area contributed by atoms with E-state index < -0.39 is 0 Å². The Balaban J connectivity index is 2.64. The number of carbonyl (C=O) groups is 1. The molecule has 0 N–H and O–H groups in total. The second kappa shape index (κ2) is 4.61. The fourth-order valence-corrected chi connectivity index (χ4v) is 1.47. The number of hydrogen-bond acceptors (Lipinski definition) is 2. The fourth-order valence-electron chi connectivity index (χ4n) is 1.05. The van der Waals surface area contributed by atoms with E-state index in [-0.39, 0.29) is 5.78 Å². The lowest BCUT2D eigenvalue weighted by atomic mass is 10.0. The van der Waals surface area contributed by atoms with Gasteiger partial charge in [0.2, 0.25) is 0 Å². The molecule has 1 rings (SSSR count). The molecule has 3 heteroatoms. The summed E-state index contributed by atoms with van der Waals surface area (Å²) in [7, 11) is 0. The molecule has 13 heavy (non-hydrogen) atoms. The van der Waals surface area contributed by atoms with Crippen molar-refractivity contribution in [2.75, 3.05) is 0 Å². The van der Waals surface area contributed by atoms with E-state index in [1.165, 1.54) is 6.26 Å². The van der Waals surface area contributed by atoms with Crippen molar-refractivity contribution >= 4 is 21.7 Å². The van der Waals surface area contributed by atoms with E-state index in [4.69, 9.17) is 4.42 Å². The highest BCUT2D eigenvalue weighted by molar-refractivity contribution is 9.10. The highest BCUT2D eigenvalue weighted by Gasteiger charge is 2.15. The SMILES string of the molecule is CCC(C)CC(=O)c1occc1Br. The zero-order valence-corrected chi connectivity index (χ0v) is 9.43. The van der Waals surface area contributed by atoms with Crippen molar-refractivity contribution in [3.05, 3.63) is 22.6 Å². The molecule has 0 aromatic carbocycles. The minimum absolute atomic E-state index is 0.0752. The van der Waals surface area contributed by atoms with E-state index in [9.17, 15) is 4.79 Å². The van der Waals surface area contributed by atoms with Crippen LogP contribution in [0.15, 0.2) is 21.2 Å². The van der Waals surface area contributed by atoms with Crippen molar-refractivity contribution in [1.82, 2.24) is 0 Å². The van der Waals surface area contributed by atoms with Gasteiger partial charge >= 0.3 is 0 Å². The molecule has 2 nitrogen and oxygen atoms in total. The molecular weight excluding hydrogens is 232 g/mol. The molecule has 0 aliphatic carbocycles. The van der Waals surface area contributed by atoms with E-state index in [0.29, 0.717) is 18.1 Å². The molecule has 0 saturated carbocycles. The third-order valence-corrected chi connectivity index (χ3v) is 2.73. The van der Waals surface area contributed by atoms with Gasteiger partial charge in [-0.2, -0.15) is 0 Å². The second-order valence-corrected chi connectivity index (χ2v) is 4.09. The van der Waals surface area contributed by atoms with Crippen LogP contribution in [0.1, 0.15) is 37.2 Å². The van der Waals surface area contributed by atoms with Crippen molar-refractivity contribution in [2.45, 2.75) is 26.7 Å². The number of carbonyl (C=O) groups excluding carboxylic acids is 1. The van der Waals surface area contributed by atoms with Crippen LogP contribution in [0.25, 0.3) is 0 Å². The van der Waals surface area contributed by atoms with Gasteiger partial charge in [0.25, 0.3) is 0 Å². The Morgan fingerprint density at radius 1 is 1.69 bits per heavy atom. The van der Waals surface area contributed by atoms with Crippen molar-refractivity contribution in [3.63, 3.8) is 0 Å². The largest absolute Gasteiger partial charge is 0.460 e. The van der Waals surface area contributed by atoms with Crippen LogP contribution in [0.2, 0.25) is 0 Å². The fraction of sp³-hybridized carbons (Fsp3) is 0.500. The Bertz CT molecular complexity index is 291. The lowest BCUT2D eigenvalue weighted by Crippen LogP contribution is -2.04. The highest BCUT2D eigenvalue weighted by Crippen LogP contribution is 2.21. The molecule has 1 atom stereocenters. The first kappa shape index (κ1) is 10.5. The van der Waals surface area contributed by atoms with Gasteiger partial charge in [0.1, 0.15) is 0 Å². The van der Waals surface area contributed by atoms with E-state index >= 15 is 0 Å². The summed E-state index contributed by atoms with van der Waals surface area (Å²) in [5.41, 5.74) is 0. The van der Waals surface area contributed by atoms with Crippen LogP contribution in [0, 0.1) is 5.92 Å². The van der Waals surface area contributed by atoms with Crippen LogP contribution in [0.5, 0.6) is 0 Å². The molecular formula is C10H13BrO2. The molecule has 72 valence electrons. The normalized spacial score (nSPS) is 12.8. The number of halogens is 1. The van der Waals surface area contributed by atoms with Gasteiger partial charge in [0, 0.05) is 6.42 Å². The van der Waals surface area contributed by atoms with Crippen LogP contribution < -0.4 is 0 Å². The third-order valence-electron chi connectivity index (χ3n) is 2.10. The van der Waals surface area contributed by atoms with Gasteiger partial charge in [-0.05, 0) is 27.9 Å². The predicted octanol–water partition coefficient (Wildman–Crippen LogP) is 3.66. The molecule has 0 aliphatic rings. The lowest BCUT2D eigenvalue weighted by Gasteiger charge is -2.04. The first-order valence-corrected chi connectivity index (χ1v) is 5.20. The smallest absolute Gasteiger partial charge is 0.199 e. The average Bonchev–Trinajstić information content (AvgIpc) is 2.51. The summed E-state index contributed by atoms with van der Waals surface area (Å²) in [4.78, 5) is 11.6. The molecule has 0 radical (unpaired) electrons. The molecule has 0 amide bonds. The Morgan fingerprint density at radius 2 is 2.38 bits per heavy atom. The van der Waals surface area contributed by atoms with Gasteiger partial charge in [-0.15, -0.1) is 0 Å². The zero-order valence-electron chi connectivity index (χ0n) is 7.84. The van der Waals surface area contributed by atoms with Crippen LogP contribution in [0.3, 0.4) is 0 Å². The zero-order chi connectivity index (χ0) is 9.84. The average molecular weight is 245 g/mol. The van der Waals surface area contributed by atoms with Gasteiger partial charge in [-0.3, -0.25) is 4.79 Å². The van der Waals surface area contributed by atoms with Crippen LogP contribution in [-0.4, -0.2) is 5.78 Å². The topological polar surface area (TPSA) is 30.2 Å². The Morgan fingerprint density at radius 3 is 2.85 bits per heavy atom. The molecule has 1 heterocycles. The molecule has 0 aliphatic heterocycles. The first-order valence-electron chi connectivity index (χ1n) is 4.41. The molecule has 0 spiro atoms. The van der Waals surface area contributed by atoms with Crippen LogP contribution >= 0.6 is 15.9 Å². The first-order chi connectivity index (χ1) is 6.15. The molecule has 0 saturated heterocycles. The molecule has 1 unspecified atom stereocenters. The monoisotopic (exact) mass is 244 g/mol. The Hall–Kier alpha value is -0.570. The van der Waals surface area contributed by atoms with E-state index in [1.807, 2.05) is 0 Å². The standard InChI is InChI=1S/C10H13BrO2/c1-3-7(2)6-9(12)10-8(11)4-5-13-10/h4-5,7H,3,6H2,1-2H3. The second-order valence-electron chi connectivity index (χ2n) is 3.24. The van der Waals surface area contributed by atoms with Gasteiger partial charge in [-0.1, -0.05) is 20.3 Å². The summed E-state index contributed by atoms with van der Waals surface area (Å²) in [5, 5.41) is 0. The Labute approximate surface area is 86.4 Å². The minimum atomic E-state index is 0.0752. The summed E-state index contributed by atoms with van der Waals surface area (Å²) in [6.07, 6.45) is 3.10. The van der Waals surface area contributed by atoms with Crippen LogP contribution in [0.4, 0.5) is 0 Å². The van der Waals surface area contributed by atoms with Gasteiger partial charge in [0.15, 0.2) is 11.5 Å². The molecule has 0 bridgehead atoms. The van der Waals surface area contributed by atoms with Crippen LogP contribution in [-0.2, 0) is 0 Å². The van der Waals surface area contributed by atoms with Gasteiger partial charge in [0.05, 0.1) is 10.7 Å². The summed E-state index contributed by atoms with van der Waals surface area (Å²) >= 11 is 3.26. The number of furan rings is 1. The lowest BCUT2D eigenvalue weighted by molar-refractivity contribution is 0.0935. The van der Waals surface area contributed by atoms with Crippen molar-refractivity contribution in [3.8, 4) is 0 Å². The summed E-state index contributed by atoms with van der Waals surface area (Å²) in [6, 6.07) is 1.74. The number of Topliss-reactive ketones (excluding diaryl/α,β-unsaturated/α-hetero) is 1. The molecule has 1 aromatic heterocycles. The predicted molar refractivity (Wildman–Crippen MR) is 54.8 cm³/mol. The minimum Gasteiger partial charge on any atom is -0.460 e. The van der Waals surface area contributed by atoms with Gasteiger partial charge in [-0.25, -0.2) is 0 Å². The summed E-state index contributed by atoms with van der Waals surface area (Å²) < 4.78 is 5.83. The van der Waals surface area contributed by atoms with Gasteiger partial charge < -0.3 is 4.42 Å². The van der Waals surface area contributed by atoms with E-state index in [2.05, 4.69) is 29.8 Å². The number of rotatable bonds is 4. The maximum Gasteiger partial charge on any atom is 0.199 e. The molecule has 1 aromatic rings. The highest BCUT2D eigenvalue weighted by atomic mass is 79.9. The number of hydrogen-bond donors (Lipinski definition) is 0. The van der Waals surface area contributed by atoms with E-state index in [0.717, 1.165) is 10.9 Å². The van der Waals surface area contributed by atoms with Crippen molar-refractivity contribution < 1.29 is 9.21 Å². The van der Waals surface area contributed by atoms with E-state index in [1.54, 1.807) is 6.07 Å². The van der Waals surface area contributed by atoms with Crippen molar-refractivity contribution in [2.24, 2.45) is 5.92 Å². The van der Waals surface area contributed by atoms with Crippen molar-refractivity contribution in [1.29, 1.82) is 0 Å². The molecule has 0 fully saturated rings. The summed E-state index contributed by atoms with van der Waals surface area (Å²) in [5.74, 6) is 0.941. The maximum absolute atomic E-state index is 11.6. The summed E-state index contributed by atoms with van der Waals surface area (Å²) in [6.45, 7) is 4.14. The maximum atomic E-state index is 11.6. The Kier molecular flexibility index (Phi) is 3.72.